The summed E-state index contributed by atoms with van der Waals surface area (Å²) in [7, 11) is 0. The fraction of sp³-hybridized carbons (Fsp3) is 0.429. The number of hydrogen-bond acceptors (Lipinski definition) is 3. The molecule has 0 saturated carbocycles. The second-order valence-electron chi connectivity index (χ2n) is 7.39. The molecule has 3 heteroatoms. The molecular formula is C21H24N2O. The standard InChI is InChI=1S/C21H24N2O/c1-2-7-19-18(6-1)21(9-12-24-13-10-21)15-23(19)14-17-5-3-4-16-8-11-22-20(16)17/h1-7,22H,8-15H2. The van der Waals surface area contributed by atoms with Gasteiger partial charge in [0.05, 0.1) is 0 Å². The molecule has 5 rings (SSSR count). The van der Waals surface area contributed by atoms with Gasteiger partial charge >= 0.3 is 0 Å². The van der Waals surface area contributed by atoms with E-state index < -0.39 is 0 Å². The summed E-state index contributed by atoms with van der Waals surface area (Å²) < 4.78 is 5.66. The van der Waals surface area contributed by atoms with E-state index in [0.717, 1.165) is 52.1 Å². The van der Waals surface area contributed by atoms with E-state index in [0.29, 0.717) is 5.41 Å². The average Bonchev–Trinajstić information content (AvgIpc) is 3.21. The van der Waals surface area contributed by atoms with Crippen molar-refractivity contribution >= 4 is 11.4 Å². The van der Waals surface area contributed by atoms with Gasteiger partial charge in [0.2, 0.25) is 0 Å². The molecule has 1 fully saturated rings. The van der Waals surface area contributed by atoms with Gasteiger partial charge in [-0.2, -0.15) is 0 Å². The number of nitrogens with zero attached hydrogens (tertiary/aromatic N) is 1. The maximum absolute atomic E-state index is 5.66. The van der Waals surface area contributed by atoms with Gasteiger partial charge in [0.1, 0.15) is 0 Å². The van der Waals surface area contributed by atoms with Crippen LogP contribution in [0.15, 0.2) is 42.5 Å². The second kappa shape index (κ2) is 5.52. The molecule has 2 aromatic rings. The molecule has 1 N–H and O–H groups in total. The zero-order valence-corrected chi connectivity index (χ0v) is 14.1. The Bertz CT molecular complexity index is 764. The van der Waals surface area contributed by atoms with E-state index in [1.54, 1.807) is 0 Å². The minimum Gasteiger partial charge on any atom is -0.384 e. The molecule has 124 valence electrons. The summed E-state index contributed by atoms with van der Waals surface area (Å²) in [6, 6.07) is 15.8. The van der Waals surface area contributed by atoms with Gasteiger partial charge in [0.25, 0.3) is 0 Å². The summed E-state index contributed by atoms with van der Waals surface area (Å²) in [6.07, 6.45) is 3.44. The van der Waals surface area contributed by atoms with E-state index in [9.17, 15) is 0 Å². The third-order valence-electron chi connectivity index (χ3n) is 6.05. The lowest BCUT2D eigenvalue weighted by molar-refractivity contribution is 0.0553. The number of anilines is 2. The normalized spacial score (nSPS) is 20.8. The molecule has 1 saturated heterocycles. The molecule has 3 heterocycles. The lowest BCUT2D eigenvalue weighted by Gasteiger charge is -2.34. The molecule has 0 aromatic heterocycles. The number of nitrogens with one attached hydrogen (secondary N) is 1. The van der Waals surface area contributed by atoms with E-state index in [1.165, 1.54) is 28.1 Å². The van der Waals surface area contributed by atoms with E-state index in [1.807, 2.05) is 0 Å². The Morgan fingerprint density at radius 2 is 1.92 bits per heavy atom. The Labute approximate surface area is 143 Å². The Balaban J connectivity index is 1.50. The molecule has 0 atom stereocenters. The van der Waals surface area contributed by atoms with Gasteiger partial charge in [-0.05, 0) is 42.0 Å². The van der Waals surface area contributed by atoms with Crippen LogP contribution in [-0.2, 0) is 23.1 Å². The number of ether oxygens (including phenoxy) is 1. The van der Waals surface area contributed by atoms with E-state index in [4.69, 9.17) is 4.74 Å². The SMILES string of the molecule is c1cc2c(c(CN3CC4(CCOCC4)c4ccccc43)c1)NCC2. The van der Waals surface area contributed by atoms with E-state index >= 15 is 0 Å². The highest BCUT2D eigenvalue weighted by atomic mass is 16.5. The molecular weight excluding hydrogens is 296 g/mol. The van der Waals surface area contributed by atoms with Crippen molar-refractivity contribution in [3.05, 3.63) is 59.2 Å². The van der Waals surface area contributed by atoms with E-state index in [-0.39, 0.29) is 0 Å². The van der Waals surface area contributed by atoms with Crippen LogP contribution in [0.5, 0.6) is 0 Å². The predicted molar refractivity (Wildman–Crippen MR) is 97.9 cm³/mol. The summed E-state index contributed by atoms with van der Waals surface area (Å²) in [4.78, 5) is 2.59. The minimum absolute atomic E-state index is 0.292. The molecule has 2 aromatic carbocycles. The van der Waals surface area contributed by atoms with Crippen molar-refractivity contribution in [2.75, 3.05) is 36.5 Å². The fourth-order valence-corrected chi connectivity index (χ4v) is 4.81. The van der Waals surface area contributed by atoms with Gasteiger partial charge < -0.3 is 15.0 Å². The van der Waals surface area contributed by atoms with Crippen LogP contribution >= 0.6 is 0 Å². The van der Waals surface area contributed by atoms with Crippen LogP contribution in [-0.4, -0.2) is 26.3 Å². The topological polar surface area (TPSA) is 24.5 Å². The molecule has 0 amide bonds. The molecule has 0 bridgehead atoms. The molecule has 0 unspecified atom stereocenters. The van der Waals surface area contributed by atoms with Crippen LogP contribution < -0.4 is 10.2 Å². The van der Waals surface area contributed by atoms with Gasteiger partial charge in [0.15, 0.2) is 0 Å². The van der Waals surface area contributed by atoms with Crippen molar-refractivity contribution in [3.63, 3.8) is 0 Å². The van der Waals surface area contributed by atoms with Crippen molar-refractivity contribution in [2.24, 2.45) is 0 Å². The van der Waals surface area contributed by atoms with Gasteiger partial charge in [-0.15, -0.1) is 0 Å². The van der Waals surface area contributed by atoms with Crippen LogP contribution in [0.3, 0.4) is 0 Å². The maximum Gasteiger partial charge on any atom is 0.0475 e. The lowest BCUT2D eigenvalue weighted by atomic mass is 9.76. The Morgan fingerprint density at radius 1 is 1.04 bits per heavy atom. The van der Waals surface area contributed by atoms with Crippen molar-refractivity contribution in [1.82, 2.24) is 0 Å². The second-order valence-corrected chi connectivity index (χ2v) is 7.39. The molecule has 0 aliphatic carbocycles. The zero-order valence-electron chi connectivity index (χ0n) is 14.1. The van der Waals surface area contributed by atoms with Crippen LogP contribution in [0.2, 0.25) is 0 Å². The highest BCUT2D eigenvalue weighted by Crippen LogP contribution is 2.47. The quantitative estimate of drug-likeness (QED) is 0.912. The first kappa shape index (κ1) is 14.4. The molecule has 3 aliphatic heterocycles. The largest absolute Gasteiger partial charge is 0.384 e. The van der Waals surface area contributed by atoms with Gasteiger partial charge in [-0.3, -0.25) is 0 Å². The van der Waals surface area contributed by atoms with Crippen molar-refractivity contribution in [1.29, 1.82) is 0 Å². The number of para-hydroxylation sites is 2. The summed E-state index contributed by atoms with van der Waals surface area (Å²) in [5.74, 6) is 0. The number of benzene rings is 2. The van der Waals surface area contributed by atoms with Gasteiger partial charge in [0, 0.05) is 49.6 Å². The summed E-state index contributed by atoms with van der Waals surface area (Å²) in [6.45, 7) is 4.98. The van der Waals surface area contributed by atoms with Gasteiger partial charge in [-0.25, -0.2) is 0 Å². The molecule has 24 heavy (non-hydrogen) atoms. The van der Waals surface area contributed by atoms with Crippen molar-refractivity contribution < 1.29 is 4.74 Å². The highest BCUT2D eigenvalue weighted by molar-refractivity contribution is 5.66. The highest BCUT2D eigenvalue weighted by Gasteiger charge is 2.43. The molecule has 3 nitrogen and oxygen atoms in total. The Morgan fingerprint density at radius 3 is 2.83 bits per heavy atom. The van der Waals surface area contributed by atoms with Crippen molar-refractivity contribution in [3.8, 4) is 0 Å². The van der Waals surface area contributed by atoms with Crippen LogP contribution in [0, 0.1) is 0 Å². The number of hydrogen-bond donors (Lipinski definition) is 1. The zero-order chi connectivity index (χ0) is 16.0. The Hall–Kier alpha value is -2.00. The van der Waals surface area contributed by atoms with Crippen molar-refractivity contribution in [2.45, 2.75) is 31.2 Å². The number of fused-ring (bicyclic) bond motifs is 3. The molecule has 1 spiro atoms. The third kappa shape index (κ3) is 2.15. The lowest BCUT2D eigenvalue weighted by Crippen LogP contribution is -2.38. The van der Waals surface area contributed by atoms with Crippen LogP contribution in [0.1, 0.15) is 29.5 Å². The minimum atomic E-state index is 0.292. The first-order valence-corrected chi connectivity index (χ1v) is 9.13. The first-order chi connectivity index (χ1) is 11.9. The monoisotopic (exact) mass is 320 g/mol. The first-order valence-electron chi connectivity index (χ1n) is 9.13. The fourth-order valence-electron chi connectivity index (χ4n) is 4.81. The molecule has 3 aliphatic rings. The smallest absolute Gasteiger partial charge is 0.0475 e. The number of rotatable bonds is 2. The Kier molecular flexibility index (Phi) is 3.30. The van der Waals surface area contributed by atoms with Crippen LogP contribution in [0.25, 0.3) is 0 Å². The summed E-state index contributed by atoms with van der Waals surface area (Å²) in [5, 5.41) is 3.59. The maximum atomic E-state index is 5.66. The van der Waals surface area contributed by atoms with Crippen LogP contribution in [0.4, 0.5) is 11.4 Å². The predicted octanol–water partition coefficient (Wildman–Crippen LogP) is 3.72. The average molecular weight is 320 g/mol. The van der Waals surface area contributed by atoms with E-state index in [2.05, 4.69) is 52.7 Å². The summed E-state index contributed by atoms with van der Waals surface area (Å²) >= 11 is 0. The molecule has 0 radical (unpaired) electrons. The summed E-state index contributed by atoms with van der Waals surface area (Å²) in [5.41, 5.74) is 7.54. The van der Waals surface area contributed by atoms with Gasteiger partial charge in [-0.1, -0.05) is 36.4 Å². The third-order valence-corrected chi connectivity index (χ3v) is 6.05.